The summed E-state index contributed by atoms with van der Waals surface area (Å²) in [5.41, 5.74) is 1.16. The lowest BCUT2D eigenvalue weighted by Gasteiger charge is -2.39. The number of ether oxygens (including phenoxy) is 2. The Hall–Kier alpha value is -2.85. The number of carbonyl (C=O) groups is 2. The van der Waals surface area contributed by atoms with Crippen LogP contribution < -0.4 is 10.1 Å². The van der Waals surface area contributed by atoms with Crippen molar-refractivity contribution in [1.29, 1.82) is 0 Å². The van der Waals surface area contributed by atoms with E-state index >= 15 is 0 Å². The van der Waals surface area contributed by atoms with E-state index in [0.717, 1.165) is 12.0 Å². The Morgan fingerprint density at radius 1 is 1.32 bits per heavy atom. The third kappa shape index (κ3) is 4.45. The van der Waals surface area contributed by atoms with Crippen molar-refractivity contribution in [1.82, 2.24) is 20.0 Å². The summed E-state index contributed by atoms with van der Waals surface area (Å²) in [6.07, 6.45) is -0.586. The fourth-order valence-corrected chi connectivity index (χ4v) is 4.06. The van der Waals surface area contributed by atoms with Crippen LogP contribution in [0.15, 0.2) is 29.3 Å². The van der Waals surface area contributed by atoms with Crippen LogP contribution in [0.25, 0.3) is 0 Å². The fourth-order valence-electron chi connectivity index (χ4n) is 4.06. The molecule has 3 aliphatic rings. The minimum atomic E-state index is -0.856. The van der Waals surface area contributed by atoms with Crippen LogP contribution in [0.5, 0.6) is 5.75 Å². The molecular weight excluding hydrogens is 402 g/mol. The van der Waals surface area contributed by atoms with E-state index in [1.165, 1.54) is 4.90 Å². The molecule has 2 saturated heterocycles. The first-order valence-corrected chi connectivity index (χ1v) is 10.6. The Labute approximate surface area is 181 Å². The number of guanidine groups is 1. The van der Waals surface area contributed by atoms with Gasteiger partial charge < -0.3 is 29.3 Å². The van der Waals surface area contributed by atoms with E-state index in [9.17, 15) is 14.7 Å². The van der Waals surface area contributed by atoms with Crippen molar-refractivity contribution in [2.75, 3.05) is 46.5 Å². The lowest BCUT2D eigenvalue weighted by Crippen LogP contribution is -2.65. The number of hydrogen-bond donors (Lipinski definition) is 2. The average molecular weight is 431 g/mol. The summed E-state index contributed by atoms with van der Waals surface area (Å²) < 4.78 is 11.2. The minimum Gasteiger partial charge on any atom is -0.491 e. The molecule has 1 aromatic carbocycles. The second-order valence-electron chi connectivity index (χ2n) is 7.91. The maximum Gasteiger partial charge on any atom is 0.325 e. The summed E-state index contributed by atoms with van der Waals surface area (Å²) in [6, 6.07) is 6.59. The van der Waals surface area contributed by atoms with Crippen molar-refractivity contribution in [3.05, 3.63) is 29.8 Å². The fraction of sp³-hybridized carbons (Fsp3) is 0.571. The van der Waals surface area contributed by atoms with Crippen molar-refractivity contribution in [3.8, 4) is 5.75 Å². The van der Waals surface area contributed by atoms with Gasteiger partial charge in [-0.15, -0.1) is 0 Å². The van der Waals surface area contributed by atoms with Gasteiger partial charge in [0.05, 0.1) is 19.8 Å². The highest BCUT2D eigenvalue weighted by atomic mass is 16.5. The Morgan fingerprint density at radius 3 is 2.84 bits per heavy atom. The first kappa shape index (κ1) is 21.4. The zero-order chi connectivity index (χ0) is 22.0. The molecule has 31 heavy (non-hydrogen) atoms. The predicted molar refractivity (Wildman–Crippen MR) is 113 cm³/mol. The number of aliphatic hydroxyl groups excluding tert-OH is 1. The average Bonchev–Trinajstić information content (AvgIpc) is 3.16. The molecule has 3 unspecified atom stereocenters. The molecule has 1 aromatic rings. The van der Waals surface area contributed by atoms with Crippen LogP contribution in [0.1, 0.15) is 12.5 Å². The van der Waals surface area contributed by atoms with Crippen LogP contribution in [0, 0.1) is 0 Å². The highest BCUT2D eigenvalue weighted by molar-refractivity contribution is 6.03. The molecule has 4 rings (SSSR count). The van der Waals surface area contributed by atoms with E-state index in [4.69, 9.17) is 14.5 Å². The van der Waals surface area contributed by atoms with Crippen LogP contribution in [0.4, 0.5) is 4.79 Å². The van der Waals surface area contributed by atoms with Gasteiger partial charge in [-0.1, -0.05) is 19.1 Å². The summed E-state index contributed by atoms with van der Waals surface area (Å²) in [4.78, 5) is 34.7. The smallest absolute Gasteiger partial charge is 0.325 e. The van der Waals surface area contributed by atoms with Crippen molar-refractivity contribution < 1.29 is 24.2 Å². The summed E-state index contributed by atoms with van der Waals surface area (Å²) in [7, 11) is 1.61. The quantitative estimate of drug-likeness (QED) is 0.646. The summed E-state index contributed by atoms with van der Waals surface area (Å²) in [6.45, 7) is 4.68. The van der Waals surface area contributed by atoms with Gasteiger partial charge in [0.25, 0.3) is 5.91 Å². The number of morpholine rings is 1. The second kappa shape index (κ2) is 9.11. The zero-order valence-corrected chi connectivity index (χ0v) is 17.9. The van der Waals surface area contributed by atoms with Gasteiger partial charge in [-0.25, -0.2) is 9.79 Å². The second-order valence-corrected chi connectivity index (χ2v) is 7.91. The first-order valence-electron chi connectivity index (χ1n) is 10.6. The van der Waals surface area contributed by atoms with Crippen LogP contribution in [0.3, 0.4) is 0 Å². The highest BCUT2D eigenvalue weighted by Crippen LogP contribution is 2.26. The van der Waals surface area contributed by atoms with Crippen molar-refractivity contribution in [3.63, 3.8) is 0 Å². The standard InChI is InChI=1S/C21H29N5O5/c1-3-14-5-4-6-16(11-14)31-13-15(27)12-26-17-18(24(2)21(29)23-19(17)28)22-20(26)25-7-9-30-10-8-25/h4-6,11,15,17-18,27H,3,7-10,12-13H2,1-2H3,(H,23,28,29). The molecule has 0 bridgehead atoms. The molecule has 10 heteroatoms. The number of amides is 3. The maximum atomic E-state index is 12.7. The van der Waals surface area contributed by atoms with E-state index < -0.39 is 30.2 Å². The molecule has 168 valence electrons. The van der Waals surface area contributed by atoms with E-state index in [1.54, 1.807) is 11.9 Å². The summed E-state index contributed by atoms with van der Waals surface area (Å²) >= 11 is 0. The molecule has 3 amide bonds. The highest BCUT2D eigenvalue weighted by Gasteiger charge is 2.50. The Morgan fingerprint density at radius 2 is 2.10 bits per heavy atom. The maximum absolute atomic E-state index is 12.7. The molecule has 3 heterocycles. The van der Waals surface area contributed by atoms with E-state index in [2.05, 4.69) is 12.2 Å². The van der Waals surface area contributed by atoms with Crippen LogP contribution in [-0.2, 0) is 16.0 Å². The topological polar surface area (TPSA) is 107 Å². The molecule has 2 N–H and O–H groups in total. The van der Waals surface area contributed by atoms with Gasteiger partial charge in [-0.2, -0.15) is 0 Å². The van der Waals surface area contributed by atoms with Gasteiger partial charge in [0.2, 0.25) is 0 Å². The number of fused-ring (bicyclic) bond motifs is 1. The van der Waals surface area contributed by atoms with Gasteiger partial charge in [0.15, 0.2) is 18.2 Å². The summed E-state index contributed by atoms with van der Waals surface area (Å²) in [5, 5.41) is 13.1. The molecule has 3 aliphatic heterocycles. The van der Waals surface area contributed by atoms with E-state index in [-0.39, 0.29) is 13.2 Å². The number of aryl methyl sites for hydroxylation is 1. The van der Waals surface area contributed by atoms with Gasteiger partial charge in [0, 0.05) is 20.1 Å². The number of urea groups is 1. The van der Waals surface area contributed by atoms with Crippen molar-refractivity contribution >= 4 is 17.9 Å². The summed E-state index contributed by atoms with van der Waals surface area (Å²) in [5.74, 6) is 0.881. The van der Waals surface area contributed by atoms with E-state index in [0.29, 0.717) is 38.0 Å². The number of benzene rings is 1. The van der Waals surface area contributed by atoms with Gasteiger partial charge in [-0.05, 0) is 24.1 Å². The zero-order valence-electron chi connectivity index (χ0n) is 17.9. The van der Waals surface area contributed by atoms with Crippen LogP contribution in [-0.4, -0.2) is 103 Å². The SMILES string of the molecule is CCc1cccc(OCC(O)CN2C(N3CCOCC3)=NC3C2C(=O)NC(=O)N3C)c1. The Balaban J connectivity index is 1.48. The Kier molecular flexibility index (Phi) is 6.28. The van der Waals surface area contributed by atoms with Gasteiger partial charge in [0.1, 0.15) is 18.5 Å². The number of nitrogens with zero attached hydrogens (tertiary/aromatic N) is 4. The number of nitrogens with one attached hydrogen (secondary N) is 1. The number of carbonyl (C=O) groups excluding carboxylic acids is 2. The number of aliphatic imine (C=N–C) groups is 1. The molecule has 2 fully saturated rings. The lowest BCUT2D eigenvalue weighted by molar-refractivity contribution is -0.127. The van der Waals surface area contributed by atoms with Crippen molar-refractivity contribution in [2.45, 2.75) is 31.7 Å². The molecule has 0 saturated carbocycles. The molecule has 10 nitrogen and oxygen atoms in total. The van der Waals surface area contributed by atoms with Gasteiger partial charge in [-0.3, -0.25) is 10.1 Å². The molecular formula is C21H29N5O5. The van der Waals surface area contributed by atoms with Crippen LogP contribution >= 0.6 is 0 Å². The number of β-amino-alcohol motifs (C(OH)–C–C–N with tert-alkyl or cyclic N) is 1. The molecule has 3 atom stereocenters. The molecule has 0 radical (unpaired) electrons. The molecule has 0 aromatic heterocycles. The largest absolute Gasteiger partial charge is 0.491 e. The predicted octanol–water partition coefficient (Wildman–Crippen LogP) is -0.131. The van der Waals surface area contributed by atoms with Crippen LogP contribution in [0.2, 0.25) is 0 Å². The first-order chi connectivity index (χ1) is 15.0. The monoisotopic (exact) mass is 431 g/mol. The number of likely N-dealkylation sites (N-methyl/N-ethyl adjacent to an activating group) is 1. The molecule has 0 aliphatic carbocycles. The normalized spacial score (nSPS) is 24.6. The minimum absolute atomic E-state index is 0.0772. The number of imide groups is 1. The lowest BCUT2D eigenvalue weighted by atomic mass is 10.1. The van der Waals surface area contributed by atoms with Gasteiger partial charge >= 0.3 is 6.03 Å². The van der Waals surface area contributed by atoms with Crippen molar-refractivity contribution in [2.24, 2.45) is 4.99 Å². The third-order valence-corrected chi connectivity index (χ3v) is 5.79. The third-order valence-electron chi connectivity index (χ3n) is 5.79. The number of rotatable bonds is 6. The van der Waals surface area contributed by atoms with E-state index in [1.807, 2.05) is 29.2 Å². The number of aliphatic hydroxyl groups is 1. The molecule has 0 spiro atoms. The number of hydrogen-bond acceptors (Lipinski definition) is 8. The Bertz CT molecular complexity index is 856.